The lowest BCUT2D eigenvalue weighted by molar-refractivity contribution is 0.122. The van der Waals surface area contributed by atoms with Gasteiger partial charge in [-0.25, -0.2) is 0 Å². The predicted molar refractivity (Wildman–Crippen MR) is 152 cm³/mol. The average molecular weight is 541 g/mol. The molecule has 2 aromatic carbocycles. The second-order valence-corrected chi connectivity index (χ2v) is 10.3. The summed E-state index contributed by atoms with van der Waals surface area (Å²) >= 11 is 3.18. The number of ether oxygens (including phenoxy) is 2. The number of nitrogens with zero attached hydrogens (tertiary/aromatic N) is 6. The molecule has 2 aromatic heterocycles. The third kappa shape index (κ3) is 4.45. The SMILES string of the molecule is COc1ccc(N2C(c3cccs3)=CS/C2=C(\C#N)c2nnc(N3CCOCC3)n2-c2ccccc2)cc1. The van der Waals surface area contributed by atoms with E-state index in [1.807, 2.05) is 65.2 Å². The molecule has 0 bridgehead atoms. The van der Waals surface area contributed by atoms with Gasteiger partial charge in [0, 0.05) is 24.2 Å². The molecule has 0 N–H and O–H groups in total. The lowest BCUT2D eigenvalue weighted by Crippen LogP contribution is -2.38. The average Bonchev–Trinajstić information content (AvgIpc) is 3.75. The minimum Gasteiger partial charge on any atom is -0.497 e. The Labute approximate surface area is 229 Å². The van der Waals surface area contributed by atoms with E-state index in [2.05, 4.69) is 42.9 Å². The van der Waals surface area contributed by atoms with Gasteiger partial charge in [-0.15, -0.1) is 21.5 Å². The van der Waals surface area contributed by atoms with Crippen molar-refractivity contribution in [3.05, 3.63) is 93.2 Å². The molecule has 8 nitrogen and oxygen atoms in total. The van der Waals surface area contributed by atoms with Gasteiger partial charge in [-0.1, -0.05) is 36.0 Å². The zero-order valence-electron chi connectivity index (χ0n) is 20.7. The first kappa shape index (κ1) is 24.3. The first-order valence-corrected chi connectivity index (χ1v) is 13.9. The Hall–Kier alpha value is -4.04. The number of nitriles is 1. The molecule has 0 amide bonds. The quantitative estimate of drug-likeness (QED) is 0.292. The van der Waals surface area contributed by atoms with Crippen molar-refractivity contribution in [1.82, 2.24) is 14.8 Å². The van der Waals surface area contributed by atoms with Gasteiger partial charge < -0.3 is 19.3 Å². The van der Waals surface area contributed by atoms with Crippen LogP contribution in [0.2, 0.25) is 0 Å². The van der Waals surface area contributed by atoms with Crippen LogP contribution in [0.5, 0.6) is 5.75 Å². The van der Waals surface area contributed by atoms with Gasteiger partial charge in [-0.05, 0) is 47.8 Å². The van der Waals surface area contributed by atoms with Crippen LogP contribution < -0.4 is 14.5 Å². The van der Waals surface area contributed by atoms with Gasteiger partial charge in [0.1, 0.15) is 22.4 Å². The second-order valence-electron chi connectivity index (χ2n) is 8.52. The van der Waals surface area contributed by atoms with E-state index >= 15 is 0 Å². The Morgan fingerprint density at radius 3 is 2.45 bits per heavy atom. The van der Waals surface area contributed by atoms with E-state index in [4.69, 9.17) is 9.47 Å². The number of allylic oxidation sites excluding steroid dienone is 1. The van der Waals surface area contributed by atoms with Crippen molar-refractivity contribution < 1.29 is 9.47 Å². The third-order valence-electron chi connectivity index (χ3n) is 6.33. The number of thioether (sulfide) groups is 1. The van der Waals surface area contributed by atoms with Gasteiger partial charge in [-0.3, -0.25) is 4.57 Å². The van der Waals surface area contributed by atoms with Gasteiger partial charge in [0.25, 0.3) is 0 Å². The Morgan fingerprint density at radius 1 is 0.974 bits per heavy atom. The summed E-state index contributed by atoms with van der Waals surface area (Å²) in [5.41, 5.74) is 3.28. The number of hydrogen-bond donors (Lipinski definition) is 0. The van der Waals surface area contributed by atoms with Gasteiger partial charge in [0.15, 0.2) is 5.82 Å². The van der Waals surface area contributed by atoms with Crippen LogP contribution in [0.3, 0.4) is 0 Å². The number of anilines is 2. The van der Waals surface area contributed by atoms with Crippen molar-refractivity contribution in [1.29, 1.82) is 5.26 Å². The highest BCUT2D eigenvalue weighted by Crippen LogP contribution is 2.47. The summed E-state index contributed by atoms with van der Waals surface area (Å²) in [6.07, 6.45) is 0. The first-order valence-electron chi connectivity index (χ1n) is 12.1. The van der Waals surface area contributed by atoms with Gasteiger partial charge in [-0.2, -0.15) is 5.26 Å². The maximum atomic E-state index is 10.6. The molecule has 2 aliphatic rings. The maximum absolute atomic E-state index is 10.6. The molecule has 1 fully saturated rings. The number of hydrogen-bond acceptors (Lipinski definition) is 9. The predicted octanol–water partition coefficient (Wildman–Crippen LogP) is 5.62. The largest absolute Gasteiger partial charge is 0.497 e. The van der Waals surface area contributed by atoms with E-state index in [1.54, 1.807) is 18.4 Å². The molecule has 1 saturated heterocycles. The Balaban J connectivity index is 1.52. The van der Waals surface area contributed by atoms with Crippen LogP contribution in [0, 0.1) is 11.3 Å². The first-order chi connectivity index (χ1) is 18.8. The monoisotopic (exact) mass is 540 g/mol. The molecule has 0 unspecified atom stereocenters. The van der Waals surface area contributed by atoms with Crippen molar-refractivity contribution in [2.45, 2.75) is 0 Å². The van der Waals surface area contributed by atoms with E-state index in [9.17, 15) is 5.26 Å². The van der Waals surface area contributed by atoms with Crippen LogP contribution in [-0.2, 0) is 4.74 Å². The number of methoxy groups -OCH3 is 1. The topological polar surface area (TPSA) is 79.4 Å². The fourth-order valence-corrected chi connectivity index (χ4v) is 6.32. The molecule has 190 valence electrons. The molecule has 4 aromatic rings. The summed E-state index contributed by atoms with van der Waals surface area (Å²) in [4.78, 5) is 5.39. The van der Waals surface area contributed by atoms with Gasteiger partial charge in [0.2, 0.25) is 5.95 Å². The van der Waals surface area contributed by atoms with Crippen molar-refractivity contribution >= 4 is 46.0 Å². The standard InChI is InChI=1S/C28H24N6O2S2/c1-35-22-11-9-21(10-12-22)33-24(25-8-5-17-37-25)19-38-27(33)23(18-29)26-30-31-28(32-13-15-36-16-14-32)34(26)20-6-3-2-4-7-20/h2-12,17,19H,13-16H2,1H3/b27-23+. The highest BCUT2D eigenvalue weighted by Gasteiger charge is 2.32. The normalized spacial score (nSPS) is 16.8. The van der Waals surface area contributed by atoms with Crippen molar-refractivity contribution in [2.75, 3.05) is 43.2 Å². The Kier molecular flexibility index (Phi) is 6.88. The van der Waals surface area contributed by atoms with Gasteiger partial charge >= 0.3 is 0 Å². The number of morpholine rings is 1. The number of thiophene rings is 1. The smallest absolute Gasteiger partial charge is 0.232 e. The van der Waals surface area contributed by atoms with Crippen molar-refractivity contribution in [3.63, 3.8) is 0 Å². The van der Waals surface area contributed by atoms with E-state index in [1.165, 1.54) is 11.8 Å². The van der Waals surface area contributed by atoms with Crippen LogP contribution in [0.4, 0.5) is 11.6 Å². The Morgan fingerprint density at radius 2 is 1.76 bits per heavy atom. The fraction of sp³-hybridized carbons (Fsp3) is 0.179. The number of para-hydroxylation sites is 1. The molecule has 4 heterocycles. The van der Waals surface area contributed by atoms with E-state index in [-0.39, 0.29) is 0 Å². The van der Waals surface area contributed by atoms with E-state index in [0.29, 0.717) is 43.6 Å². The molecule has 38 heavy (non-hydrogen) atoms. The van der Waals surface area contributed by atoms with Crippen LogP contribution in [0.25, 0.3) is 17.0 Å². The minimum atomic E-state index is 0.449. The van der Waals surface area contributed by atoms with Crippen LogP contribution in [0.15, 0.2) is 82.5 Å². The van der Waals surface area contributed by atoms with E-state index < -0.39 is 0 Å². The summed E-state index contributed by atoms with van der Waals surface area (Å²) in [7, 11) is 1.65. The molecule has 0 radical (unpaired) electrons. The number of aromatic nitrogens is 3. The zero-order chi connectivity index (χ0) is 25.9. The minimum absolute atomic E-state index is 0.449. The summed E-state index contributed by atoms with van der Waals surface area (Å²) in [5, 5.41) is 24.7. The van der Waals surface area contributed by atoms with E-state index in [0.717, 1.165) is 32.7 Å². The summed E-state index contributed by atoms with van der Waals surface area (Å²) in [6.45, 7) is 2.66. The summed E-state index contributed by atoms with van der Waals surface area (Å²) < 4.78 is 12.9. The summed E-state index contributed by atoms with van der Waals surface area (Å²) in [5.74, 6) is 1.97. The van der Waals surface area contributed by atoms with Crippen molar-refractivity contribution in [2.24, 2.45) is 0 Å². The number of rotatable bonds is 6. The molecule has 0 saturated carbocycles. The van der Waals surface area contributed by atoms with Crippen LogP contribution in [-0.4, -0.2) is 48.2 Å². The van der Waals surface area contributed by atoms with Crippen molar-refractivity contribution in [3.8, 4) is 17.5 Å². The lowest BCUT2D eigenvalue weighted by atomic mass is 10.2. The molecular weight excluding hydrogens is 516 g/mol. The van der Waals surface area contributed by atoms with Crippen LogP contribution in [0.1, 0.15) is 10.7 Å². The molecule has 0 aliphatic carbocycles. The maximum Gasteiger partial charge on any atom is 0.232 e. The molecule has 0 atom stereocenters. The number of benzene rings is 2. The second kappa shape index (κ2) is 10.8. The molecular formula is C28H24N6O2S2. The molecule has 0 spiro atoms. The zero-order valence-corrected chi connectivity index (χ0v) is 22.3. The molecule has 10 heteroatoms. The van der Waals surface area contributed by atoms with Gasteiger partial charge in [0.05, 0.1) is 36.6 Å². The highest BCUT2D eigenvalue weighted by molar-refractivity contribution is 8.06. The van der Waals surface area contributed by atoms with Crippen LogP contribution >= 0.6 is 23.1 Å². The molecule has 6 rings (SSSR count). The lowest BCUT2D eigenvalue weighted by Gasteiger charge is -2.28. The highest BCUT2D eigenvalue weighted by atomic mass is 32.2. The summed E-state index contributed by atoms with van der Waals surface area (Å²) in [6, 6.07) is 24.4. The molecule has 2 aliphatic heterocycles. The fourth-order valence-electron chi connectivity index (χ4n) is 4.49. The third-order valence-corrected chi connectivity index (χ3v) is 8.18. The Bertz CT molecular complexity index is 1520.